The number of nitrogens with two attached hydrogens (primary N) is 1. The Kier molecular flexibility index (Phi) is 3.62. The van der Waals surface area contributed by atoms with Crippen molar-refractivity contribution in [2.45, 2.75) is 39.2 Å². The third kappa shape index (κ3) is 2.37. The number of ether oxygens (including phenoxy) is 1. The lowest BCUT2D eigenvalue weighted by atomic mass is 9.75. The van der Waals surface area contributed by atoms with Crippen molar-refractivity contribution in [2.24, 2.45) is 17.1 Å². The molecule has 1 aliphatic carbocycles. The zero-order chi connectivity index (χ0) is 13.3. The number of hydrogen-bond donors (Lipinski definition) is 1. The highest BCUT2D eigenvalue weighted by atomic mass is 19.1. The van der Waals surface area contributed by atoms with Crippen LogP contribution >= 0.6 is 0 Å². The molecule has 0 amide bonds. The predicted molar refractivity (Wildman–Crippen MR) is 71.0 cm³/mol. The van der Waals surface area contributed by atoms with Crippen LogP contribution in [-0.4, -0.2) is 7.11 Å². The first-order valence-corrected chi connectivity index (χ1v) is 6.55. The molecular formula is C15H22FNO. The lowest BCUT2D eigenvalue weighted by molar-refractivity contribution is 0.219. The monoisotopic (exact) mass is 251 g/mol. The van der Waals surface area contributed by atoms with Gasteiger partial charge in [-0.15, -0.1) is 0 Å². The average Bonchev–Trinajstić information content (AvgIpc) is 2.68. The zero-order valence-electron chi connectivity index (χ0n) is 11.4. The highest BCUT2D eigenvalue weighted by Crippen LogP contribution is 2.49. The van der Waals surface area contributed by atoms with Crippen molar-refractivity contribution in [1.82, 2.24) is 0 Å². The van der Waals surface area contributed by atoms with Gasteiger partial charge in [0.25, 0.3) is 0 Å². The molecule has 1 aromatic rings. The van der Waals surface area contributed by atoms with Crippen molar-refractivity contribution in [3.8, 4) is 5.75 Å². The molecule has 0 aliphatic heterocycles. The SMILES string of the molecule is COc1ccc(F)cc1C(N)C1CCCC1(C)C. The summed E-state index contributed by atoms with van der Waals surface area (Å²) >= 11 is 0. The number of methoxy groups -OCH3 is 1. The maximum absolute atomic E-state index is 13.4. The molecule has 2 unspecified atom stereocenters. The van der Waals surface area contributed by atoms with E-state index in [0.29, 0.717) is 11.7 Å². The highest BCUT2D eigenvalue weighted by molar-refractivity contribution is 5.37. The molecule has 2 rings (SSSR count). The Morgan fingerprint density at radius 1 is 1.44 bits per heavy atom. The van der Waals surface area contributed by atoms with E-state index in [-0.39, 0.29) is 17.3 Å². The van der Waals surface area contributed by atoms with Crippen LogP contribution < -0.4 is 10.5 Å². The van der Waals surface area contributed by atoms with E-state index in [0.717, 1.165) is 12.0 Å². The molecule has 100 valence electrons. The number of rotatable bonds is 3. The molecule has 1 saturated carbocycles. The molecule has 0 heterocycles. The molecule has 1 aliphatic rings. The number of hydrogen-bond acceptors (Lipinski definition) is 2. The first-order valence-electron chi connectivity index (χ1n) is 6.55. The molecule has 2 nitrogen and oxygen atoms in total. The van der Waals surface area contributed by atoms with Crippen LogP contribution in [0.2, 0.25) is 0 Å². The van der Waals surface area contributed by atoms with Crippen LogP contribution in [0.15, 0.2) is 18.2 Å². The first-order chi connectivity index (χ1) is 8.45. The van der Waals surface area contributed by atoms with Gasteiger partial charge in [0.15, 0.2) is 0 Å². The molecule has 0 saturated heterocycles. The first kappa shape index (κ1) is 13.3. The van der Waals surface area contributed by atoms with Gasteiger partial charge in [-0.3, -0.25) is 0 Å². The van der Waals surface area contributed by atoms with Crippen molar-refractivity contribution in [1.29, 1.82) is 0 Å². The Balaban J connectivity index is 2.33. The number of halogens is 1. The fourth-order valence-corrected chi connectivity index (χ4v) is 3.20. The minimum atomic E-state index is -0.253. The summed E-state index contributed by atoms with van der Waals surface area (Å²) in [5, 5.41) is 0. The second-order valence-electron chi connectivity index (χ2n) is 5.90. The van der Waals surface area contributed by atoms with E-state index in [1.807, 2.05) is 0 Å². The van der Waals surface area contributed by atoms with Gasteiger partial charge in [-0.05, 0) is 42.4 Å². The Hall–Kier alpha value is -1.09. The van der Waals surface area contributed by atoms with Crippen LogP contribution in [-0.2, 0) is 0 Å². The van der Waals surface area contributed by atoms with Gasteiger partial charge in [0.1, 0.15) is 11.6 Å². The van der Waals surface area contributed by atoms with Crippen molar-refractivity contribution in [3.63, 3.8) is 0 Å². The maximum Gasteiger partial charge on any atom is 0.123 e. The lowest BCUT2D eigenvalue weighted by Crippen LogP contribution is -2.30. The van der Waals surface area contributed by atoms with Crippen molar-refractivity contribution < 1.29 is 9.13 Å². The van der Waals surface area contributed by atoms with Gasteiger partial charge in [-0.1, -0.05) is 20.3 Å². The normalized spacial score (nSPS) is 23.9. The summed E-state index contributed by atoms with van der Waals surface area (Å²) in [6.45, 7) is 4.49. The Morgan fingerprint density at radius 2 is 2.17 bits per heavy atom. The summed E-state index contributed by atoms with van der Waals surface area (Å²) in [6, 6.07) is 4.42. The predicted octanol–water partition coefficient (Wildman–Crippen LogP) is 3.66. The zero-order valence-corrected chi connectivity index (χ0v) is 11.4. The fourth-order valence-electron chi connectivity index (χ4n) is 3.20. The Bertz CT molecular complexity index is 431. The van der Waals surface area contributed by atoms with Crippen LogP contribution in [0.1, 0.15) is 44.7 Å². The van der Waals surface area contributed by atoms with E-state index in [4.69, 9.17) is 10.5 Å². The molecule has 0 bridgehead atoms. The highest BCUT2D eigenvalue weighted by Gasteiger charge is 2.39. The molecule has 0 aromatic heterocycles. The Labute approximate surface area is 108 Å². The third-order valence-corrected chi connectivity index (χ3v) is 4.32. The molecule has 1 fully saturated rings. The summed E-state index contributed by atoms with van der Waals surface area (Å²) in [4.78, 5) is 0. The molecule has 1 aromatic carbocycles. The third-order valence-electron chi connectivity index (χ3n) is 4.32. The van der Waals surface area contributed by atoms with Crippen LogP contribution in [0.4, 0.5) is 4.39 Å². The van der Waals surface area contributed by atoms with Crippen LogP contribution in [0.5, 0.6) is 5.75 Å². The summed E-state index contributed by atoms with van der Waals surface area (Å²) in [5.41, 5.74) is 7.38. The largest absolute Gasteiger partial charge is 0.496 e. The van der Waals surface area contributed by atoms with Crippen LogP contribution in [0.3, 0.4) is 0 Å². The standard InChI is InChI=1S/C15H22FNO/c1-15(2)8-4-5-12(15)14(17)11-9-10(16)6-7-13(11)18-3/h6-7,9,12,14H,4-5,8,17H2,1-3H3. The van der Waals surface area contributed by atoms with Crippen molar-refractivity contribution >= 4 is 0 Å². The van der Waals surface area contributed by atoms with Gasteiger partial charge in [0.2, 0.25) is 0 Å². The smallest absolute Gasteiger partial charge is 0.123 e. The van der Waals surface area contributed by atoms with Gasteiger partial charge in [0, 0.05) is 11.6 Å². The summed E-state index contributed by atoms with van der Waals surface area (Å²) in [5.74, 6) is 0.817. The van der Waals surface area contributed by atoms with E-state index >= 15 is 0 Å². The van der Waals surface area contributed by atoms with Crippen molar-refractivity contribution in [2.75, 3.05) is 7.11 Å². The topological polar surface area (TPSA) is 35.2 Å². The molecule has 18 heavy (non-hydrogen) atoms. The number of benzene rings is 1. The fraction of sp³-hybridized carbons (Fsp3) is 0.600. The van der Waals surface area contributed by atoms with Gasteiger partial charge in [0.05, 0.1) is 7.11 Å². The molecule has 2 N–H and O–H groups in total. The maximum atomic E-state index is 13.4. The molecule has 0 radical (unpaired) electrons. The minimum absolute atomic E-state index is 0.159. The van der Waals surface area contributed by atoms with Gasteiger partial charge in [-0.2, -0.15) is 0 Å². The molecule has 2 atom stereocenters. The quantitative estimate of drug-likeness (QED) is 0.889. The second kappa shape index (κ2) is 4.88. The van der Waals surface area contributed by atoms with E-state index < -0.39 is 0 Å². The minimum Gasteiger partial charge on any atom is -0.496 e. The molecular weight excluding hydrogens is 229 g/mol. The summed E-state index contributed by atoms with van der Waals surface area (Å²) in [6.07, 6.45) is 3.49. The van der Waals surface area contributed by atoms with E-state index in [1.54, 1.807) is 13.2 Å². The van der Waals surface area contributed by atoms with Gasteiger partial charge in [-0.25, -0.2) is 4.39 Å². The van der Waals surface area contributed by atoms with Crippen molar-refractivity contribution in [3.05, 3.63) is 29.6 Å². The second-order valence-corrected chi connectivity index (χ2v) is 5.90. The van der Waals surface area contributed by atoms with Crippen LogP contribution in [0, 0.1) is 17.2 Å². The van der Waals surface area contributed by atoms with Gasteiger partial charge < -0.3 is 10.5 Å². The Morgan fingerprint density at radius 3 is 2.72 bits per heavy atom. The molecule has 0 spiro atoms. The average molecular weight is 251 g/mol. The molecule has 3 heteroatoms. The van der Waals surface area contributed by atoms with Gasteiger partial charge >= 0.3 is 0 Å². The summed E-state index contributed by atoms with van der Waals surface area (Å²) < 4.78 is 18.7. The summed E-state index contributed by atoms with van der Waals surface area (Å²) in [7, 11) is 1.60. The lowest BCUT2D eigenvalue weighted by Gasteiger charge is -2.32. The van der Waals surface area contributed by atoms with E-state index in [1.165, 1.54) is 25.0 Å². The van der Waals surface area contributed by atoms with Crippen LogP contribution in [0.25, 0.3) is 0 Å². The van der Waals surface area contributed by atoms with E-state index in [9.17, 15) is 4.39 Å². The van der Waals surface area contributed by atoms with E-state index in [2.05, 4.69) is 13.8 Å².